The van der Waals surface area contributed by atoms with Crippen LogP contribution in [0.1, 0.15) is 31.0 Å². The summed E-state index contributed by atoms with van der Waals surface area (Å²) in [5, 5.41) is 12.4. The molecule has 186 valence electrons. The van der Waals surface area contributed by atoms with E-state index in [0.717, 1.165) is 47.5 Å². The summed E-state index contributed by atoms with van der Waals surface area (Å²) in [6, 6.07) is 2.50. The molecule has 1 atom stereocenters. The molecule has 3 aromatic rings. The van der Waals surface area contributed by atoms with Gasteiger partial charge in [0.1, 0.15) is 23.4 Å². The first kappa shape index (κ1) is 26.4. The molecule has 2 heterocycles. The predicted octanol–water partition coefficient (Wildman–Crippen LogP) is 4.24. The van der Waals surface area contributed by atoms with Gasteiger partial charge in [-0.3, -0.25) is 14.9 Å². The zero-order valence-electron chi connectivity index (χ0n) is 17.9. The van der Waals surface area contributed by atoms with E-state index in [1.165, 1.54) is 0 Å². The maximum atomic E-state index is 13.3. The van der Waals surface area contributed by atoms with Crippen molar-refractivity contribution in [1.29, 1.82) is 0 Å². The molecule has 8 nitrogen and oxygen atoms in total. The third kappa shape index (κ3) is 7.92. The number of rotatable bonds is 9. The van der Waals surface area contributed by atoms with E-state index < -0.39 is 41.4 Å². The van der Waals surface area contributed by atoms with E-state index in [1.54, 1.807) is 6.92 Å². The van der Waals surface area contributed by atoms with Gasteiger partial charge in [0.15, 0.2) is 9.50 Å². The Bertz CT molecular complexity index is 1190. The second-order valence-corrected chi connectivity index (χ2v) is 9.24. The van der Waals surface area contributed by atoms with E-state index in [0.29, 0.717) is 12.5 Å². The van der Waals surface area contributed by atoms with E-state index in [-0.39, 0.29) is 33.0 Å². The van der Waals surface area contributed by atoms with Crippen molar-refractivity contribution in [1.82, 2.24) is 25.5 Å². The first-order chi connectivity index (χ1) is 16.5. The Kier molecular flexibility index (Phi) is 8.67. The lowest BCUT2D eigenvalue weighted by atomic mass is 10.1. The number of nitrogens with zero attached hydrogens (tertiary/aromatic N) is 4. The number of anilines is 1. The molecule has 2 N–H and O–H groups in total. The van der Waals surface area contributed by atoms with Gasteiger partial charge < -0.3 is 5.32 Å². The highest BCUT2D eigenvalue weighted by Crippen LogP contribution is 2.32. The van der Waals surface area contributed by atoms with Gasteiger partial charge >= 0.3 is 6.18 Å². The average Bonchev–Trinajstić information content (AvgIpc) is 3.18. The van der Waals surface area contributed by atoms with Crippen LogP contribution in [-0.2, 0) is 22.2 Å². The van der Waals surface area contributed by atoms with Gasteiger partial charge in [-0.05, 0) is 41.9 Å². The van der Waals surface area contributed by atoms with Crippen molar-refractivity contribution in [3.63, 3.8) is 0 Å². The van der Waals surface area contributed by atoms with Crippen LogP contribution in [0.3, 0.4) is 0 Å². The first-order valence-corrected chi connectivity index (χ1v) is 11.6. The Morgan fingerprint density at radius 1 is 1.14 bits per heavy atom. The topological polar surface area (TPSA) is 110 Å². The molecule has 3 rings (SSSR count). The van der Waals surface area contributed by atoms with Crippen LogP contribution in [0.2, 0.25) is 0 Å². The molecule has 35 heavy (non-hydrogen) atoms. The predicted molar refractivity (Wildman–Crippen MR) is 117 cm³/mol. The summed E-state index contributed by atoms with van der Waals surface area (Å²) < 4.78 is 65.3. The van der Waals surface area contributed by atoms with Crippen LogP contribution in [0.5, 0.6) is 0 Å². The highest BCUT2D eigenvalue weighted by atomic mass is 32.2. The first-order valence-electron chi connectivity index (χ1n) is 10.00. The molecule has 15 heteroatoms. The quantitative estimate of drug-likeness (QED) is 0.241. The Morgan fingerprint density at radius 2 is 1.86 bits per heavy atom. The Labute approximate surface area is 203 Å². The molecule has 0 aliphatic heterocycles. The zero-order valence-corrected chi connectivity index (χ0v) is 19.5. The molecule has 0 saturated heterocycles. The monoisotopic (exact) mass is 532 g/mol. The molecule has 0 saturated carbocycles. The maximum absolute atomic E-state index is 13.3. The van der Waals surface area contributed by atoms with Crippen LogP contribution in [0.15, 0.2) is 40.0 Å². The molecular formula is C20H17F5N6O2S2. The highest BCUT2D eigenvalue weighted by Gasteiger charge is 2.33. The lowest BCUT2D eigenvalue weighted by Crippen LogP contribution is -2.44. The number of aromatic nitrogens is 4. The highest BCUT2D eigenvalue weighted by molar-refractivity contribution is 8.00. The summed E-state index contributed by atoms with van der Waals surface area (Å²) in [5.41, 5.74) is -0.995. The van der Waals surface area contributed by atoms with E-state index in [1.807, 2.05) is 0 Å². The molecule has 0 fully saturated rings. The molecule has 1 aromatic carbocycles. The third-order valence-electron chi connectivity index (χ3n) is 4.26. The van der Waals surface area contributed by atoms with Gasteiger partial charge in [-0.25, -0.2) is 18.7 Å². The van der Waals surface area contributed by atoms with Gasteiger partial charge in [-0.1, -0.05) is 24.7 Å². The second-order valence-electron chi connectivity index (χ2n) is 7.05. The summed E-state index contributed by atoms with van der Waals surface area (Å²) in [7, 11) is 0. The van der Waals surface area contributed by atoms with Crippen molar-refractivity contribution in [3.05, 3.63) is 53.4 Å². The molecule has 0 spiro atoms. The Balaban J connectivity index is 1.61. The molecule has 0 aliphatic rings. The van der Waals surface area contributed by atoms with Crippen LogP contribution in [0.25, 0.3) is 0 Å². The van der Waals surface area contributed by atoms with E-state index in [2.05, 4.69) is 30.8 Å². The van der Waals surface area contributed by atoms with Gasteiger partial charge in [-0.2, -0.15) is 13.2 Å². The number of hydrogen-bond acceptors (Lipinski definition) is 8. The minimum atomic E-state index is -4.62. The lowest BCUT2D eigenvalue weighted by molar-refractivity contribution is -0.141. The summed E-state index contributed by atoms with van der Waals surface area (Å²) >= 11 is 1.62. The minimum Gasteiger partial charge on any atom is -0.344 e. The average molecular weight is 533 g/mol. The van der Waals surface area contributed by atoms with E-state index in [9.17, 15) is 31.5 Å². The minimum absolute atomic E-state index is 0.0482. The third-order valence-corrected chi connectivity index (χ3v) is 6.02. The van der Waals surface area contributed by atoms with Crippen molar-refractivity contribution in [3.8, 4) is 0 Å². The maximum Gasteiger partial charge on any atom is 0.433 e. The van der Waals surface area contributed by atoms with Crippen LogP contribution < -0.4 is 10.6 Å². The Morgan fingerprint density at radius 3 is 2.51 bits per heavy atom. The lowest BCUT2D eigenvalue weighted by Gasteiger charge is -2.17. The number of carbonyl (C=O) groups excluding carboxylic acids is 2. The number of hydrogen-bond donors (Lipinski definition) is 2. The van der Waals surface area contributed by atoms with Crippen LogP contribution in [0.4, 0.5) is 27.1 Å². The van der Waals surface area contributed by atoms with Crippen molar-refractivity contribution in [2.24, 2.45) is 0 Å². The van der Waals surface area contributed by atoms with Crippen LogP contribution >= 0.6 is 23.1 Å². The van der Waals surface area contributed by atoms with Crippen LogP contribution in [0, 0.1) is 11.6 Å². The number of nitrogens with one attached hydrogen (secondary N) is 2. The van der Waals surface area contributed by atoms with Gasteiger partial charge in [0.05, 0.1) is 6.42 Å². The molecular weight excluding hydrogens is 515 g/mol. The summed E-state index contributed by atoms with van der Waals surface area (Å²) in [4.78, 5) is 32.2. The zero-order chi connectivity index (χ0) is 25.6. The summed E-state index contributed by atoms with van der Waals surface area (Å²) in [6.07, 6.45) is -3.18. The number of carbonyl (C=O) groups is 2. The molecule has 0 radical (unpaired) electrons. The smallest absolute Gasteiger partial charge is 0.344 e. The SMILES string of the molecule is CCCC(NC(=O)Cc1cc(F)cc(F)c1)C(=O)Nc1nnc(Sc2nccc(C(F)(F)F)n2)s1. The van der Waals surface area contributed by atoms with Gasteiger partial charge in [0.2, 0.25) is 16.9 Å². The Hall–Kier alpha value is -3.20. The van der Waals surface area contributed by atoms with Crippen molar-refractivity contribution < 1.29 is 31.5 Å². The van der Waals surface area contributed by atoms with Crippen molar-refractivity contribution in [2.75, 3.05) is 5.32 Å². The second kappa shape index (κ2) is 11.5. The van der Waals surface area contributed by atoms with Gasteiger partial charge in [-0.15, -0.1) is 10.2 Å². The van der Waals surface area contributed by atoms with Crippen molar-refractivity contribution in [2.45, 2.75) is 47.9 Å². The number of alkyl halides is 3. The molecule has 0 bridgehead atoms. The fourth-order valence-electron chi connectivity index (χ4n) is 2.82. The number of benzene rings is 1. The molecule has 2 aromatic heterocycles. The molecule has 0 aliphatic carbocycles. The number of amides is 2. The molecule has 1 unspecified atom stereocenters. The fourth-order valence-corrected chi connectivity index (χ4v) is 4.42. The van der Waals surface area contributed by atoms with E-state index in [4.69, 9.17) is 0 Å². The normalized spacial score (nSPS) is 12.3. The standard InChI is InChI=1S/C20H17F5N6O2S2/c1-2-3-13(27-15(32)8-10-6-11(21)9-12(22)7-10)16(33)29-18-30-31-19(35-18)34-17-26-5-4-14(28-17)20(23,24)25/h4-7,9,13H,2-3,8H2,1H3,(H,27,32)(H,29,30,33). The van der Waals surface area contributed by atoms with Gasteiger partial charge in [0, 0.05) is 12.3 Å². The summed E-state index contributed by atoms with van der Waals surface area (Å²) in [5.74, 6) is -2.86. The van der Waals surface area contributed by atoms with E-state index >= 15 is 0 Å². The van der Waals surface area contributed by atoms with Crippen molar-refractivity contribution >= 4 is 40.0 Å². The van der Waals surface area contributed by atoms with Crippen LogP contribution in [-0.4, -0.2) is 38.0 Å². The van der Waals surface area contributed by atoms with Gasteiger partial charge in [0.25, 0.3) is 0 Å². The molecule has 2 amide bonds. The largest absolute Gasteiger partial charge is 0.433 e. The summed E-state index contributed by atoms with van der Waals surface area (Å²) in [6.45, 7) is 1.79. The fraction of sp³-hybridized carbons (Fsp3) is 0.300. The number of halogens is 5.